The summed E-state index contributed by atoms with van der Waals surface area (Å²) in [4.78, 5) is 7.07. The summed E-state index contributed by atoms with van der Waals surface area (Å²) < 4.78 is 22.7. The predicted molar refractivity (Wildman–Crippen MR) is 114 cm³/mol. The van der Waals surface area contributed by atoms with Gasteiger partial charge < -0.3 is 15.5 Å². The van der Waals surface area contributed by atoms with Gasteiger partial charge in [0.1, 0.15) is 9.84 Å². The highest BCUT2D eigenvalue weighted by Gasteiger charge is 2.21. The number of nitrogens with zero attached hydrogens (tertiary/aromatic N) is 2. The van der Waals surface area contributed by atoms with E-state index in [0.717, 1.165) is 56.8 Å². The maximum absolute atomic E-state index is 11.3. The van der Waals surface area contributed by atoms with Crippen molar-refractivity contribution in [3.05, 3.63) is 0 Å². The molecule has 7 heteroatoms. The molecular weight excluding hydrogens is 360 g/mol. The van der Waals surface area contributed by atoms with Crippen molar-refractivity contribution in [3.8, 4) is 0 Å². The van der Waals surface area contributed by atoms with E-state index in [1.54, 1.807) is 0 Å². The molecule has 0 bridgehead atoms. The topological polar surface area (TPSA) is 73.8 Å². The molecule has 2 unspecified atom stereocenters. The molecule has 27 heavy (non-hydrogen) atoms. The zero-order valence-corrected chi connectivity index (χ0v) is 18.4. The van der Waals surface area contributed by atoms with Crippen LogP contribution in [0.25, 0.3) is 0 Å². The number of guanidine groups is 1. The highest BCUT2D eigenvalue weighted by molar-refractivity contribution is 7.90. The number of likely N-dealkylation sites (tertiary alicyclic amines) is 1. The quantitative estimate of drug-likeness (QED) is 0.483. The molecule has 0 spiro atoms. The lowest BCUT2D eigenvalue weighted by atomic mass is 9.81. The highest BCUT2D eigenvalue weighted by Crippen LogP contribution is 2.30. The van der Waals surface area contributed by atoms with Gasteiger partial charge in [-0.3, -0.25) is 4.99 Å². The van der Waals surface area contributed by atoms with E-state index in [2.05, 4.69) is 29.4 Å². The number of hydrogen-bond acceptors (Lipinski definition) is 4. The predicted octanol–water partition coefficient (Wildman–Crippen LogP) is 2.27. The number of sulfone groups is 1. The Balaban J connectivity index is 1.72. The zero-order valence-electron chi connectivity index (χ0n) is 17.5. The van der Waals surface area contributed by atoms with Gasteiger partial charge in [-0.2, -0.15) is 0 Å². The number of aliphatic imine (C=N–C) groups is 1. The van der Waals surface area contributed by atoms with Crippen LogP contribution in [0, 0.1) is 11.8 Å². The Labute approximate surface area is 166 Å². The summed E-state index contributed by atoms with van der Waals surface area (Å²) in [5.74, 6) is 2.93. The van der Waals surface area contributed by atoms with Crippen LogP contribution in [0.3, 0.4) is 0 Å². The fraction of sp³-hybridized carbons (Fsp3) is 0.950. The van der Waals surface area contributed by atoms with Crippen molar-refractivity contribution in [1.29, 1.82) is 0 Å². The molecule has 2 atom stereocenters. The van der Waals surface area contributed by atoms with Crippen molar-refractivity contribution >= 4 is 15.8 Å². The largest absolute Gasteiger partial charge is 0.357 e. The van der Waals surface area contributed by atoms with Gasteiger partial charge in [-0.15, -0.1) is 0 Å². The minimum atomic E-state index is -2.87. The average Bonchev–Trinajstić information content (AvgIpc) is 2.61. The lowest BCUT2D eigenvalue weighted by molar-refractivity contribution is 0.216. The third kappa shape index (κ3) is 9.28. The van der Waals surface area contributed by atoms with Crippen LogP contribution < -0.4 is 10.6 Å². The molecule has 1 aliphatic heterocycles. The molecule has 2 N–H and O–H groups in total. The van der Waals surface area contributed by atoms with Crippen molar-refractivity contribution in [1.82, 2.24) is 15.5 Å². The van der Waals surface area contributed by atoms with Crippen molar-refractivity contribution < 1.29 is 8.42 Å². The maximum atomic E-state index is 11.3. The molecule has 0 aromatic carbocycles. The van der Waals surface area contributed by atoms with Gasteiger partial charge in [0, 0.05) is 45.0 Å². The van der Waals surface area contributed by atoms with Crippen LogP contribution in [0.4, 0.5) is 0 Å². The molecular formula is C20H40N4O2S. The molecule has 158 valence electrons. The summed E-state index contributed by atoms with van der Waals surface area (Å²) in [6.45, 7) is 8.81. The summed E-state index contributed by atoms with van der Waals surface area (Å²) in [7, 11) is -2.87. The Hall–Kier alpha value is -0.820. The number of rotatable bonds is 8. The van der Waals surface area contributed by atoms with E-state index in [4.69, 9.17) is 4.99 Å². The SMILES string of the molecule is CCNC(=NCCC1CCCC(C)C1)NC1CCN(CCS(C)(=O)=O)CC1. The maximum Gasteiger partial charge on any atom is 0.191 e. The van der Waals surface area contributed by atoms with Gasteiger partial charge in [0.05, 0.1) is 5.75 Å². The second-order valence-corrected chi connectivity index (χ2v) is 10.8. The molecule has 1 saturated carbocycles. The first kappa shape index (κ1) is 22.5. The van der Waals surface area contributed by atoms with E-state index in [1.165, 1.54) is 38.4 Å². The van der Waals surface area contributed by atoms with Gasteiger partial charge in [-0.05, 0) is 44.4 Å². The van der Waals surface area contributed by atoms with Crippen molar-refractivity contribution in [2.75, 3.05) is 44.7 Å². The second kappa shape index (κ2) is 11.2. The Morgan fingerprint density at radius 3 is 2.56 bits per heavy atom. The Kier molecular flexibility index (Phi) is 9.36. The second-order valence-electron chi connectivity index (χ2n) is 8.58. The molecule has 0 radical (unpaired) electrons. The van der Waals surface area contributed by atoms with E-state index in [1.807, 2.05) is 0 Å². The molecule has 0 aromatic heterocycles. The first-order valence-electron chi connectivity index (χ1n) is 10.8. The molecule has 1 saturated heterocycles. The summed E-state index contributed by atoms with van der Waals surface area (Å²) in [6, 6.07) is 0.423. The van der Waals surface area contributed by atoms with E-state index in [0.29, 0.717) is 12.6 Å². The lowest BCUT2D eigenvalue weighted by Gasteiger charge is -2.33. The molecule has 0 amide bonds. The molecule has 0 aromatic rings. The third-order valence-electron chi connectivity index (χ3n) is 5.90. The molecule has 2 rings (SSSR count). The van der Waals surface area contributed by atoms with Crippen LogP contribution in [0.15, 0.2) is 4.99 Å². The number of hydrogen-bond donors (Lipinski definition) is 2. The van der Waals surface area contributed by atoms with E-state index < -0.39 is 9.84 Å². The van der Waals surface area contributed by atoms with Crippen molar-refractivity contribution in [3.63, 3.8) is 0 Å². The Morgan fingerprint density at radius 1 is 1.19 bits per heavy atom. The standard InChI is InChI=1S/C20H40N4O2S/c1-4-21-20(22-11-8-18-7-5-6-17(2)16-18)23-19-9-12-24(13-10-19)14-15-27(3,25)26/h17-19H,4-16H2,1-3H3,(H2,21,22,23). The minimum absolute atomic E-state index is 0.259. The van der Waals surface area contributed by atoms with E-state index in [9.17, 15) is 8.42 Å². The van der Waals surface area contributed by atoms with Crippen LogP contribution in [-0.2, 0) is 9.84 Å². The smallest absolute Gasteiger partial charge is 0.191 e. The first-order chi connectivity index (χ1) is 12.9. The molecule has 1 aliphatic carbocycles. The lowest BCUT2D eigenvalue weighted by Crippen LogP contribution is -2.49. The summed E-state index contributed by atoms with van der Waals surface area (Å²) >= 11 is 0. The van der Waals surface area contributed by atoms with Crippen LogP contribution in [0.5, 0.6) is 0 Å². The first-order valence-corrected chi connectivity index (χ1v) is 12.9. The molecule has 2 fully saturated rings. The van der Waals surface area contributed by atoms with Gasteiger partial charge >= 0.3 is 0 Å². The zero-order chi connectivity index (χ0) is 19.7. The Morgan fingerprint density at radius 2 is 1.93 bits per heavy atom. The number of nitrogens with one attached hydrogen (secondary N) is 2. The monoisotopic (exact) mass is 400 g/mol. The van der Waals surface area contributed by atoms with Crippen LogP contribution >= 0.6 is 0 Å². The van der Waals surface area contributed by atoms with Crippen molar-refractivity contribution in [2.45, 2.75) is 64.8 Å². The molecule has 2 aliphatic rings. The molecule has 1 heterocycles. The summed E-state index contributed by atoms with van der Waals surface area (Å²) in [5, 5.41) is 6.97. The Bertz CT molecular complexity index is 556. The fourth-order valence-electron chi connectivity index (χ4n) is 4.29. The van der Waals surface area contributed by atoms with Crippen LogP contribution in [0.2, 0.25) is 0 Å². The van der Waals surface area contributed by atoms with Gasteiger partial charge in [0.15, 0.2) is 5.96 Å². The van der Waals surface area contributed by atoms with Gasteiger partial charge in [0.25, 0.3) is 0 Å². The van der Waals surface area contributed by atoms with Crippen LogP contribution in [-0.4, -0.2) is 70.1 Å². The van der Waals surface area contributed by atoms with Gasteiger partial charge in [-0.1, -0.05) is 26.2 Å². The van der Waals surface area contributed by atoms with Crippen LogP contribution in [0.1, 0.15) is 58.8 Å². The highest BCUT2D eigenvalue weighted by atomic mass is 32.2. The third-order valence-corrected chi connectivity index (χ3v) is 6.83. The summed E-state index contributed by atoms with van der Waals surface area (Å²) in [5.41, 5.74) is 0. The minimum Gasteiger partial charge on any atom is -0.357 e. The van der Waals surface area contributed by atoms with Gasteiger partial charge in [-0.25, -0.2) is 8.42 Å². The average molecular weight is 401 g/mol. The number of piperidine rings is 1. The van der Waals surface area contributed by atoms with Gasteiger partial charge in [0.2, 0.25) is 0 Å². The van der Waals surface area contributed by atoms with E-state index >= 15 is 0 Å². The normalized spacial score (nSPS) is 26.1. The fourth-order valence-corrected chi connectivity index (χ4v) is 4.88. The van der Waals surface area contributed by atoms with Crippen molar-refractivity contribution in [2.24, 2.45) is 16.8 Å². The molecule has 6 nitrogen and oxygen atoms in total. The summed E-state index contributed by atoms with van der Waals surface area (Å²) in [6.07, 6.45) is 10.1. The van der Waals surface area contributed by atoms with E-state index in [-0.39, 0.29) is 5.75 Å².